The lowest BCUT2D eigenvalue weighted by molar-refractivity contribution is -0.144. The van der Waals surface area contributed by atoms with Crippen LogP contribution in [0.2, 0.25) is 4.34 Å². The average molecular weight is 305 g/mol. The molecule has 0 aliphatic heterocycles. The largest absolute Gasteiger partial charge is 0.467 e. The van der Waals surface area contributed by atoms with E-state index in [-0.39, 0.29) is 12.5 Å². The molecule has 19 heavy (non-hydrogen) atoms. The summed E-state index contributed by atoms with van der Waals surface area (Å²) in [5.74, 6) is -0.677. The number of hydrogen-bond donors (Lipinski definition) is 1. The summed E-state index contributed by atoms with van der Waals surface area (Å²) in [7, 11) is 3.12. The number of thiophene rings is 1. The second-order valence-electron chi connectivity index (χ2n) is 4.19. The fourth-order valence-electron chi connectivity index (χ4n) is 1.53. The zero-order chi connectivity index (χ0) is 14.4. The minimum absolute atomic E-state index is 0.205. The molecular weight excluding hydrogens is 288 g/mol. The number of nitrogens with zero attached hydrogens (tertiary/aromatic N) is 1. The van der Waals surface area contributed by atoms with E-state index in [2.05, 4.69) is 10.1 Å². The van der Waals surface area contributed by atoms with Crippen LogP contribution in [0.1, 0.15) is 11.8 Å². The van der Waals surface area contributed by atoms with Gasteiger partial charge in [-0.3, -0.25) is 9.69 Å². The highest BCUT2D eigenvalue weighted by molar-refractivity contribution is 7.16. The number of hydrogen-bond acceptors (Lipinski definition) is 5. The number of ether oxygens (including phenoxy) is 1. The van der Waals surface area contributed by atoms with Crippen molar-refractivity contribution >= 4 is 34.8 Å². The van der Waals surface area contributed by atoms with E-state index >= 15 is 0 Å². The van der Waals surface area contributed by atoms with Gasteiger partial charge in [0.1, 0.15) is 6.04 Å². The molecule has 106 valence electrons. The second-order valence-corrected chi connectivity index (χ2v) is 5.99. The average Bonchev–Trinajstić information content (AvgIpc) is 2.72. The third-order valence-electron chi connectivity index (χ3n) is 2.40. The fourth-order valence-corrected chi connectivity index (χ4v) is 2.69. The molecule has 0 aliphatic rings. The van der Waals surface area contributed by atoms with Crippen LogP contribution in [0.5, 0.6) is 0 Å². The van der Waals surface area contributed by atoms with Crippen molar-refractivity contribution in [3.05, 3.63) is 21.3 Å². The van der Waals surface area contributed by atoms with Gasteiger partial charge in [-0.15, -0.1) is 11.3 Å². The lowest BCUT2D eigenvalue weighted by atomic mass is 10.3. The molecule has 7 heteroatoms. The molecule has 0 saturated heterocycles. The number of esters is 1. The first-order valence-electron chi connectivity index (χ1n) is 5.72. The number of carbonyl (C=O) groups is 2. The Kier molecular flexibility index (Phi) is 6.27. The lowest BCUT2D eigenvalue weighted by Crippen LogP contribution is -2.43. The molecule has 1 aromatic rings. The van der Waals surface area contributed by atoms with E-state index in [1.54, 1.807) is 6.92 Å². The molecule has 1 heterocycles. The third-order valence-corrected chi connectivity index (χ3v) is 3.62. The first kappa shape index (κ1) is 15.9. The summed E-state index contributed by atoms with van der Waals surface area (Å²) in [5, 5.41) is 2.57. The second kappa shape index (κ2) is 7.47. The standard InChI is InChI=1S/C12H17ClN2O3S/c1-8(12(17)18-3)14-11(16)7-15(2)6-9-4-5-10(13)19-9/h4-5,8H,6-7H2,1-3H3,(H,14,16)/t8-/m0/s1. The lowest BCUT2D eigenvalue weighted by Gasteiger charge is -2.17. The van der Waals surface area contributed by atoms with Crippen LogP contribution in [0, 0.1) is 0 Å². The summed E-state index contributed by atoms with van der Waals surface area (Å²) in [6.45, 7) is 2.43. The molecule has 0 saturated carbocycles. The highest BCUT2D eigenvalue weighted by Crippen LogP contribution is 2.22. The van der Waals surface area contributed by atoms with E-state index in [1.807, 2.05) is 24.1 Å². The van der Waals surface area contributed by atoms with Gasteiger partial charge in [0.15, 0.2) is 0 Å². The Morgan fingerprint density at radius 1 is 1.53 bits per heavy atom. The van der Waals surface area contributed by atoms with Gasteiger partial charge in [-0.05, 0) is 26.1 Å². The highest BCUT2D eigenvalue weighted by Gasteiger charge is 2.16. The SMILES string of the molecule is COC(=O)[C@H](C)NC(=O)CN(C)Cc1ccc(Cl)s1. The van der Waals surface area contributed by atoms with E-state index in [0.29, 0.717) is 6.54 Å². The van der Waals surface area contributed by atoms with Crippen LogP contribution >= 0.6 is 22.9 Å². The minimum atomic E-state index is -0.637. The molecule has 0 aliphatic carbocycles. The predicted octanol–water partition coefficient (Wildman–Crippen LogP) is 1.51. The number of likely N-dealkylation sites (N-methyl/N-ethyl adjacent to an activating group) is 1. The van der Waals surface area contributed by atoms with Gasteiger partial charge < -0.3 is 10.1 Å². The first-order chi connectivity index (χ1) is 8.92. The van der Waals surface area contributed by atoms with Crippen LogP contribution in [0.15, 0.2) is 12.1 Å². The maximum atomic E-state index is 11.7. The Morgan fingerprint density at radius 3 is 2.74 bits per heavy atom. The molecule has 0 aromatic carbocycles. The third kappa shape index (κ3) is 5.59. The first-order valence-corrected chi connectivity index (χ1v) is 6.91. The summed E-state index contributed by atoms with van der Waals surface area (Å²) in [6.07, 6.45) is 0. The van der Waals surface area contributed by atoms with E-state index in [4.69, 9.17) is 11.6 Å². The number of halogens is 1. The molecule has 1 aromatic heterocycles. The number of carbonyl (C=O) groups excluding carboxylic acids is 2. The Hall–Kier alpha value is -1.11. The number of nitrogens with one attached hydrogen (secondary N) is 1. The van der Waals surface area contributed by atoms with Gasteiger partial charge in [-0.1, -0.05) is 11.6 Å². The van der Waals surface area contributed by atoms with Gasteiger partial charge in [-0.25, -0.2) is 4.79 Å². The molecule has 0 unspecified atom stereocenters. The van der Waals surface area contributed by atoms with Crippen molar-refractivity contribution in [2.24, 2.45) is 0 Å². The van der Waals surface area contributed by atoms with E-state index in [0.717, 1.165) is 9.21 Å². The zero-order valence-electron chi connectivity index (χ0n) is 11.1. The van der Waals surface area contributed by atoms with Crippen molar-refractivity contribution in [3.63, 3.8) is 0 Å². The maximum Gasteiger partial charge on any atom is 0.328 e. The van der Waals surface area contributed by atoms with Gasteiger partial charge in [-0.2, -0.15) is 0 Å². The molecule has 1 N–H and O–H groups in total. The van der Waals surface area contributed by atoms with E-state index in [1.165, 1.54) is 18.4 Å². The maximum absolute atomic E-state index is 11.7. The minimum Gasteiger partial charge on any atom is -0.467 e. The number of rotatable bonds is 6. The molecule has 0 bridgehead atoms. The Labute approximate surface area is 121 Å². The molecule has 0 radical (unpaired) electrons. The molecule has 1 rings (SSSR count). The summed E-state index contributed by atoms with van der Waals surface area (Å²) in [6, 6.07) is 3.12. The van der Waals surface area contributed by atoms with Crippen molar-refractivity contribution in [1.29, 1.82) is 0 Å². The Bertz CT molecular complexity index is 450. The van der Waals surface area contributed by atoms with Crippen molar-refractivity contribution in [2.75, 3.05) is 20.7 Å². The summed E-state index contributed by atoms with van der Waals surface area (Å²) in [5.41, 5.74) is 0. The van der Waals surface area contributed by atoms with Crippen LogP contribution in [0.25, 0.3) is 0 Å². The van der Waals surface area contributed by atoms with Gasteiger partial charge in [0.05, 0.1) is 18.0 Å². The Morgan fingerprint density at radius 2 is 2.21 bits per heavy atom. The smallest absolute Gasteiger partial charge is 0.328 e. The van der Waals surface area contributed by atoms with Gasteiger partial charge in [0.2, 0.25) is 5.91 Å². The quantitative estimate of drug-likeness (QED) is 0.809. The normalized spacial score (nSPS) is 12.3. The zero-order valence-corrected chi connectivity index (χ0v) is 12.7. The molecule has 1 amide bonds. The van der Waals surface area contributed by atoms with Crippen molar-refractivity contribution in [2.45, 2.75) is 19.5 Å². The van der Waals surface area contributed by atoms with E-state index < -0.39 is 12.0 Å². The van der Waals surface area contributed by atoms with Gasteiger partial charge >= 0.3 is 5.97 Å². The monoisotopic (exact) mass is 304 g/mol. The van der Waals surface area contributed by atoms with Crippen molar-refractivity contribution in [3.8, 4) is 0 Å². The fraction of sp³-hybridized carbons (Fsp3) is 0.500. The van der Waals surface area contributed by atoms with Gasteiger partial charge in [0.25, 0.3) is 0 Å². The van der Waals surface area contributed by atoms with Crippen LogP contribution in [-0.4, -0.2) is 43.5 Å². The molecule has 0 fully saturated rings. The molecule has 0 spiro atoms. The highest BCUT2D eigenvalue weighted by atomic mass is 35.5. The summed E-state index contributed by atoms with van der Waals surface area (Å²) in [4.78, 5) is 25.8. The Balaban J connectivity index is 2.37. The van der Waals surface area contributed by atoms with Crippen LogP contribution in [0.3, 0.4) is 0 Å². The molecule has 5 nitrogen and oxygen atoms in total. The number of methoxy groups -OCH3 is 1. The number of amides is 1. The van der Waals surface area contributed by atoms with E-state index in [9.17, 15) is 9.59 Å². The molecule has 1 atom stereocenters. The molecular formula is C12H17ClN2O3S. The topological polar surface area (TPSA) is 58.6 Å². The predicted molar refractivity (Wildman–Crippen MR) is 75.3 cm³/mol. The van der Waals surface area contributed by atoms with Gasteiger partial charge in [0, 0.05) is 11.4 Å². The van der Waals surface area contributed by atoms with Crippen LogP contribution in [-0.2, 0) is 20.9 Å². The van der Waals surface area contributed by atoms with Crippen LogP contribution in [0.4, 0.5) is 0 Å². The van der Waals surface area contributed by atoms with Crippen molar-refractivity contribution < 1.29 is 14.3 Å². The summed E-state index contributed by atoms with van der Waals surface area (Å²) >= 11 is 7.32. The summed E-state index contributed by atoms with van der Waals surface area (Å²) < 4.78 is 5.26. The van der Waals surface area contributed by atoms with Crippen molar-refractivity contribution in [1.82, 2.24) is 10.2 Å². The van der Waals surface area contributed by atoms with Crippen LogP contribution < -0.4 is 5.32 Å².